The SMILES string of the molecule is CCN(C)/C=N/c1cc(C)c(Cc2nc(C3=CC(F)=CNC3)cs2)cc1C. The summed E-state index contributed by atoms with van der Waals surface area (Å²) in [7, 11) is 2.01. The summed E-state index contributed by atoms with van der Waals surface area (Å²) in [6.07, 6.45) is 5.57. The van der Waals surface area contributed by atoms with Crippen molar-refractivity contribution in [3.05, 3.63) is 63.0 Å². The van der Waals surface area contributed by atoms with Crippen LogP contribution >= 0.6 is 11.3 Å². The van der Waals surface area contributed by atoms with E-state index in [1.165, 1.54) is 17.3 Å². The maximum absolute atomic E-state index is 13.4. The van der Waals surface area contributed by atoms with Gasteiger partial charge in [0.15, 0.2) is 0 Å². The van der Waals surface area contributed by atoms with Gasteiger partial charge in [-0.15, -0.1) is 11.3 Å². The van der Waals surface area contributed by atoms with E-state index in [9.17, 15) is 4.39 Å². The second-order valence-corrected chi connectivity index (χ2v) is 7.71. The van der Waals surface area contributed by atoms with Crippen LogP contribution in [0.2, 0.25) is 0 Å². The fourth-order valence-electron chi connectivity index (χ4n) is 2.82. The molecule has 0 saturated heterocycles. The van der Waals surface area contributed by atoms with Crippen molar-refractivity contribution in [2.24, 2.45) is 4.99 Å². The molecule has 142 valence electrons. The molecule has 0 fully saturated rings. The summed E-state index contributed by atoms with van der Waals surface area (Å²) in [6.45, 7) is 7.83. The maximum Gasteiger partial charge on any atom is 0.139 e. The van der Waals surface area contributed by atoms with Crippen LogP contribution in [0.5, 0.6) is 0 Å². The van der Waals surface area contributed by atoms with E-state index < -0.39 is 0 Å². The molecule has 0 atom stereocenters. The van der Waals surface area contributed by atoms with Crippen molar-refractivity contribution in [1.29, 1.82) is 0 Å². The van der Waals surface area contributed by atoms with Gasteiger partial charge in [0.25, 0.3) is 0 Å². The molecule has 0 unspecified atom stereocenters. The average molecular weight is 385 g/mol. The van der Waals surface area contributed by atoms with E-state index in [1.54, 1.807) is 17.4 Å². The molecule has 0 amide bonds. The second kappa shape index (κ2) is 8.48. The van der Waals surface area contributed by atoms with Crippen molar-refractivity contribution in [2.75, 3.05) is 20.1 Å². The van der Waals surface area contributed by atoms with Gasteiger partial charge in [-0.2, -0.15) is 0 Å². The van der Waals surface area contributed by atoms with Crippen LogP contribution in [0.15, 0.2) is 40.6 Å². The second-order valence-electron chi connectivity index (χ2n) is 6.77. The predicted octanol–water partition coefficient (Wildman–Crippen LogP) is 4.76. The summed E-state index contributed by atoms with van der Waals surface area (Å²) in [6, 6.07) is 4.33. The van der Waals surface area contributed by atoms with Crippen LogP contribution in [0.3, 0.4) is 0 Å². The van der Waals surface area contributed by atoms with Crippen molar-refractivity contribution < 1.29 is 4.39 Å². The minimum atomic E-state index is -0.262. The monoisotopic (exact) mass is 384 g/mol. The van der Waals surface area contributed by atoms with Crippen LogP contribution in [0.25, 0.3) is 5.57 Å². The molecule has 1 aromatic carbocycles. The third-order valence-corrected chi connectivity index (χ3v) is 5.46. The quantitative estimate of drug-likeness (QED) is 0.577. The highest BCUT2D eigenvalue weighted by Gasteiger charge is 2.12. The number of hydrogen-bond acceptors (Lipinski definition) is 4. The molecule has 0 radical (unpaired) electrons. The highest BCUT2D eigenvalue weighted by molar-refractivity contribution is 7.09. The van der Waals surface area contributed by atoms with Gasteiger partial charge < -0.3 is 10.2 Å². The van der Waals surface area contributed by atoms with Crippen LogP contribution in [0.4, 0.5) is 10.1 Å². The highest BCUT2D eigenvalue weighted by Crippen LogP contribution is 2.27. The first-order valence-electron chi connectivity index (χ1n) is 9.05. The normalized spacial score (nSPS) is 14.1. The number of nitrogens with one attached hydrogen (secondary N) is 1. The third kappa shape index (κ3) is 4.83. The van der Waals surface area contributed by atoms with Crippen molar-refractivity contribution in [2.45, 2.75) is 27.2 Å². The molecule has 0 bridgehead atoms. The molecular formula is C21H25FN4S. The first-order chi connectivity index (χ1) is 13.0. The Hall–Kier alpha value is -2.47. The van der Waals surface area contributed by atoms with Crippen molar-refractivity contribution in [3.63, 3.8) is 0 Å². The van der Waals surface area contributed by atoms with E-state index in [2.05, 4.69) is 43.2 Å². The van der Waals surface area contributed by atoms with Gasteiger partial charge in [0, 0.05) is 43.7 Å². The molecule has 4 nitrogen and oxygen atoms in total. The van der Waals surface area contributed by atoms with Crippen molar-refractivity contribution in [3.8, 4) is 0 Å². The number of nitrogens with zero attached hydrogens (tertiary/aromatic N) is 3. The Balaban J connectivity index is 1.77. The van der Waals surface area contributed by atoms with Crippen LogP contribution in [-0.4, -0.2) is 36.4 Å². The maximum atomic E-state index is 13.4. The zero-order valence-electron chi connectivity index (χ0n) is 16.2. The molecule has 1 aliphatic heterocycles. The Bertz CT molecular complexity index is 911. The molecule has 2 heterocycles. The summed E-state index contributed by atoms with van der Waals surface area (Å²) in [5, 5.41) is 5.97. The molecule has 27 heavy (non-hydrogen) atoms. The Labute approximate surface area is 164 Å². The number of allylic oxidation sites excluding steroid dienone is 2. The topological polar surface area (TPSA) is 40.5 Å². The molecule has 0 spiro atoms. The van der Waals surface area contributed by atoms with Crippen molar-refractivity contribution in [1.82, 2.24) is 15.2 Å². The lowest BCUT2D eigenvalue weighted by atomic mass is 10.0. The van der Waals surface area contributed by atoms with Gasteiger partial charge in [0.05, 0.1) is 22.7 Å². The van der Waals surface area contributed by atoms with Gasteiger partial charge in [-0.05, 0) is 49.6 Å². The molecule has 0 aliphatic carbocycles. The van der Waals surface area contributed by atoms with E-state index in [0.717, 1.165) is 40.5 Å². The van der Waals surface area contributed by atoms with Crippen LogP contribution in [-0.2, 0) is 6.42 Å². The summed E-state index contributed by atoms with van der Waals surface area (Å²) in [4.78, 5) is 11.3. The fourth-order valence-corrected chi connectivity index (χ4v) is 3.66. The summed E-state index contributed by atoms with van der Waals surface area (Å²) < 4.78 is 13.4. The number of dihydropyridines is 1. The minimum Gasteiger partial charge on any atom is -0.384 e. The smallest absolute Gasteiger partial charge is 0.139 e. The molecule has 2 aromatic rings. The van der Waals surface area contributed by atoms with Gasteiger partial charge in [0.2, 0.25) is 0 Å². The zero-order chi connectivity index (χ0) is 19.4. The number of aromatic nitrogens is 1. The number of benzene rings is 1. The lowest BCUT2D eigenvalue weighted by Crippen LogP contribution is -2.14. The Morgan fingerprint density at radius 2 is 2.15 bits per heavy atom. The number of aliphatic imine (C=N–C) groups is 1. The Morgan fingerprint density at radius 1 is 1.33 bits per heavy atom. The van der Waals surface area contributed by atoms with Gasteiger partial charge >= 0.3 is 0 Å². The number of thiazole rings is 1. The largest absolute Gasteiger partial charge is 0.384 e. The lowest BCUT2D eigenvalue weighted by Gasteiger charge is -2.11. The van der Waals surface area contributed by atoms with Gasteiger partial charge in [-0.25, -0.2) is 14.4 Å². The average Bonchev–Trinajstić information content (AvgIpc) is 3.11. The zero-order valence-corrected chi connectivity index (χ0v) is 17.0. The molecule has 0 saturated carbocycles. The molecule has 6 heteroatoms. The van der Waals surface area contributed by atoms with Gasteiger partial charge in [-0.3, -0.25) is 0 Å². The third-order valence-electron chi connectivity index (χ3n) is 4.61. The van der Waals surface area contributed by atoms with Crippen LogP contribution in [0, 0.1) is 13.8 Å². The van der Waals surface area contributed by atoms with E-state index >= 15 is 0 Å². The predicted molar refractivity (Wildman–Crippen MR) is 112 cm³/mol. The standard InChI is InChI=1S/C21H25FN4S/c1-5-26(4)13-24-19-7-14(2)16(6-15(19)3)9-21-25-20(12-27-21)17-8-18(22)11-23-10-17/h6-8,11-13,23H,5,9-10H2,1-4H3/b24-13+. The van der Waals surface area contributed by atoms with Crippen LogP contribution < -0.4 is 5.32 Å². The molecule has 3 rings (SSSR count). The fraction of sp³-hybridized carbons (Fsp3) is 0.333. The Kier molecular flexibility index (Phi) is 6.06. The van der Waals surface area contributed by atoms with E-state index in [1.807, 2.05) is 23.7 Å². The van der Waals surface area contributed by atoms with E-state index in [4.69, 9.17) is 4.98 Å². The first kappa shape index (κ1) is 19.3. The van der Waals surface area contributed by atoms with Crippen LogP contribution in [0.1, 0.15) is 34.3 Å². The van der Waals surface area contributed by atoms with Gasteiger partial charge in [0.1, 0.15) is 5.83 Å². The van der Waals surface area contributed by atoms with E-state index in [0.29, 0.717) is 6.54 Å². The number of halogens is 1. The molecule has 1 N–H and O–H groups in total. The molecule has 1 aliphatic rings. The number of hydrogen-bond donors (Lipinski definition) is 1. The number of rotatable bonds is 6. The summed E-state index contributed by atoms with van der Waals surface area (Å²) >= 11 is 1.62. The first-order valence-corrected chi connectivity index (χ1v) is 9.93. The minimum absolute atomic E-state index is 0.262. The molecular weight excluding hydrogens is 359 g/mol. The summed E-state index contributed by atoms with van der Waals surface area (Å²) in [5.74, 6) is -0.262. The van der Waals surface area contributed by atoms with E-state index in [-0.39, 0.29) is 5.83 Å². The van der Waals surface area contributed by atoms with Crippen molar-refractivity contribution >= 4 is 28.9 Å². The summed E-state index contributed by atoms with van der Waals surface area (Å²) in [5.41, 5.74) is 6.34. The van der Waals surface area contributed by atoms with Gasteiger partial charge in [-0.1, -0.05) is 6.07 Å². The lowest BCUT2D eigenvalue weighted by molar-refractivity contribution is 0.552. The number of aryl methyl sites for hydroxylation is 2. The molecule has 1 aromatic heterocycles. The Morgan fingerprint density at radius 3 is 2.89 bits per heavy atom. The highest BCUT2D eigenvalue weighted by atomic mass is 32.1.